The molecule has 2 bridgehead atoms. The SMILES string of the molecule is C[C@@H]1[C@@H](C)CCCC(CN2CCOCC2)(CN2CCOCC2)[C@@H]2CC[C@H]2CN2CCCCc3cc(Cl)ccc3COc3ccc(cc32)C(=O)NS1(=O)=O. The van der Waals surface area contributed by atoms with Crippen LogP contribution in [0.3, 0.4) is 0 Å². The third-order valence-corrected chi connectivity index (χ3v) is 15.2. The van der Waals surface area contributed by atoms with E-state index < -0.39 is 21.2 Å². The number of morpholine rings is 2. The molecule has 10 nitrogen and oxygen atoms in total. The monoisotopic (exact) mass is 770 g/mol. The van der Waals surface area contributed by atoms with Crippen molar-refractivity contribution in [3.05, 3.63) is 58.1 Å². The third-order valence-electron chi connectivity index (χ3n) is 13.0. The molecule has 1 saturated carbocycles. The van der Waals surface area contributed by atoms with Crippen molar-refractivity contribution in [2.24, 2.45) is 23.2 Å². The summed E-state index contributed by atoms with van der Waals surface area (Å²) in [5, 5.41) is 0.0186. The van der Waals surface area contributed by atoms with Gasteiger partial charge in [0.25, 0.3) is 5.91 Å². The number of carbonyl (C=O) groups excluding carboxylic acids is 1. The summed E-state index contributed by atoms with van der Waals surface area (Å²) in [4.78, 5) is 21.4. The number of carbonyl (C=O) groups is 1. The van der Waals surface area contributed by atoms with Gasteiger partial charge in [-0.1, -0.05) is 31.0 Å². The minimum absolute atomic E-state index is 0.0430. The number of halogens is 1. The fraction of sp³-hybridized carbons (Fsp3) is 0.683. The molecule has 1 aliphatic carbocycles. The molecule has 4 atom stereocenters. The number of ether oxygens (including phenoxy) is 3. The first-order valence-electron chi connectivity index (χ1n) is 20.1. The van der Waals surface area contributed by atoms with Crippen LogP contribution in [0.2, 0.25) is 5.02 Å². The van der Waals surface area contributed by atoms with Crippen LogP contribution in [0.1, 0.15) is 80.3 Å². The molecule has 12 heteroatoms. The Bertz CT molecular complexity index is 1660. The highest BCUT2D eigenvalue weighted by atomic mass is 35.5. The lowest BCUT2D eigenvalue weighted by Crippen LogP contribution is -2.58. The zero-order valence-corrected chi connectivity index (χ0v) is 33.3. The minimum atomic E-state index is -3.92. The Morgan fingerprint density at radius 2 is 1.57 bits per heavy atom. The van der Waals surface area contributed by atoms with Crippen LogP contribution >= 0.6 is 11.6 Å². The first-order chi connectivity index (χ1) is 25.6. The van der Waals surface area contributed by atoms with E-state index in [4.69, 9.17) is 25.8 Å². The fourth-order valence-corrected chi connectivity index (χ4v) is 11.1. The van der Waals surface area contributed by atoms with Crippen LogP contribution in [0, 0.1) is 23.2 Å². The van der Waals surface area contributed by atoms with Gasteiger partial charge in [-0.15, -0.1) is 0 Å². The molecule has 3 fully saturated rings. The molecule has 4 heterocycles. The standard InChI is InChI=1S/C41H59ClN4O6S/c1-30-6-5-14-41(28-44-16-20-50-21-17-44,29-45-18-22-51-23-19-45)37-12-9-34(37)26-46-15-4-3-7-32-24-36(42)11-8-35(32)27-52-39-13-10-33(25-38(39)46)40(47)43-53(48,49)31(30)2/h8,10-11,13,24-25,30-31,34,37H,3-7,9,12,14-23,26-29H2,1-2H3,(H,43,47)/t30-,31+,34-,37+/m0/s1. The van der Waals surface area contributed by atoms with Crippen molar-refractivity contribution in [2.45, 2.75) is 77.1 Å². The van der Waals surface area contributed by atoms with Crippen LogP contribution < -0.4 is 14.4 Å². The lowest BCUT2D eigenvalue weighted by atomic mass is 9.56. The lowest BCUT2D eigenvalue weighted by Gasteiger charge is -2.55. The number of anilines is 1. The number of nitrogens with one attached hydrogen (secondary N) is 1. The van der Waals surface area contributed by atoms with Gasteiger partial charge in [-0.2, -0.15) is 0 Å². The molecule has 292 valence electrons. The average Bonchev–Trinajstić information content (AvgIpc) is 3.16. The Hall–Kier alpha value is -2.41. The van der Waals surface area contributed by atoms with E-state index in [2.05, 4.69) is 25.5 Å². The highest BCUT2D eigenvalue weighted by molar-refractivity contribution is 7.90. The number of sulfonamides is 1. The second kappa shape index (κ2) is 17.2. The van der Waals surface area contributed by atoms with Crippen LogP contribution in [0.15, 0.2) is 36.4 Å². The Labute approximate surface area is 321 Å². The molecular formula is C41H59ClN4O6S. The first-order valence-corrected chi connectivity index (χ1v) is 22.0. The molecule has 2 saturated heterocycles. The van der Waals surface area contributed by atoms with Crippen molar-refractivity contribution in [1.29, 1.82) is 0 Å². The van der Waals surface area contributed by atoms with Crippen molar-refractivity contribution in [3.63, 3.8) is 0 Å². The van der Waals surface area contributed by atoms with Gasteiger partial charge in [-0.25, -0.2) is 13.1 Å². The van der Waals surface area contributed by atoms with E-state index in [-0.39, 0.29) is 11.3 Å². The van der Waals surface area contributed by atoms with Crippen molar-refractivity contribution in [1.82, 2.24) is 14.5 Å². The molecule has 5 aliphatic rings. The zero-order valence-electron chi connectivity index (χ0n) is 31.7. The van der Waals surface area contributed by atoms with Gasteiger partial charge in [0.1, 0.15) is 12.4 Å². The number of rotatable bonds is 4. The van der Waals surface area contributed by atoms with Crippen molar-refractivity contribution >= 4 is 33.2 Å². The summed E-state index contributed by atoms with van der Waals surface area (Å²) in [5.41, 5.74) is 3.54. The highest BCUT2D eigenvalue weighted by Gasteiger charge is 2.49. The van der Waals surface area contributed by atoms with Crippen molar-refractivity contribution < 1.29 is 27.4 Å². The van der Waals surface area contributed by atoms with Crippen LogP contribution in [0.4, 0.5) is 5.69 Å². The second-order valence-electron chi connectivity index (χ2n) is 16.4. The van der Waals surface area contributed by atoms with Gasteiger partial charge in [-0.05, 0) is 116 Å². The quantitative estimate of drug-likeness (QED) is 0.401. The molecule has 1 amide bonds. The topological polar surface area (TPSA) is 101 Å². The summed E-state index contributed by atoms with van der Waals surface area (Å²) >= 11 is 6.43. The number of nitrogens with zero attached hydrogens (tertiary/aromatic N) is 3. The average molecular weight is 771 g/mol. The van der Waals surface area contributed by atoms with Gasteiger partial charge in [-0.3, -0.25) is 14.6 Å². The Balaban J connectivity index is 1.28. The van der Waals surface area contributed by atoms with Gasteiger partial charge in [0.2, 0.25) is 10.0 Å². The predicted octanol–water partition coefficient (Wildman–Crippen LogP) is 6.01. The molecule has 1 N–H and O–H groups in total. The van der Waals surface area contributed by atoms with E-state index in [1.807, 2.05) is 31.2 Å². The summed E-state index contributed by atoms with van der Waals surface area (Å²) in [6, 6.07) is 11.4. The molecule has 2 aromatic rings. The van der Waals surface area contributed by atoms with Gasteiger partial charge in [0.05, 0.1) is 37.4 Å². The van der Waals surface area contributed by atoms with E-state index in [1.165, 1.54) is 18.4 Å². The molecule has 0 unspecified atom stereocenters. The summed E-state index contributed by atoms with van der Waals surface area (Å²) in [5.74, 6) is 0.999. The maximum atomic E-state index is 13.7. The third kappa shape index (κ3) is 9.18. The maximum Gasteiger partial charge on any atom is 0.264 e. The largest absolute Gasteiger partial charge is 0.487 e. The first kappa shape index (κ1) is 38.8. The summed E-state index contributed by atoms with van der Waals surface area (Å²) in [7, 11) is -3.92. The van der Waals surface area contributed by atoms with Crippen LogP contribution in [-0.2, 0) is 32.5 Å². The zero-order chi connectivity index (χ0) is 37.0. The number of hydrogen-bond donors (Lipinski definition) is 1. The van der Waals surface area contributed by atoms with Crippen LogP contribution in [0.5, 0.6) is 5.75 Å². The summed E-state index contributed by atoms with van der Waals surface area (Å²) < 4.78 is 48.1. The Morgan fingerprint density at radius 1 is 0.849 bits per heavy atom. The molecule has 7 rings (SSSR count). The Morgan fingerprint density at radius 3 is 2.25 bits per heavy atom. The van der Waals surface area contributed by atoms with Gasteiger partial charge < -0.3 is 19.1 Å². The number of aryl methyl sites for hydroxylation is 1. The smallest absolute Gasteiger partial charge is 0.264 e. The molecule has 4 aliphatic heterocycles. The maximum absolute atomic E-state index is 13.7. The molecule has 0 aromatic heterocycles. The number of fused-ring (bicyclic) bond motifs is 3. The normalized spacial score (nSPS) is 29.0. The second-order valence-corrected chi connectivity index (χ2v) is 18.9. The van der Waals surface area contributed by atoms with Crippen molar-refractivity contribution in [3.8, 4) is 5.75 Å². The fourth-order valence-electron chi connectivity index (χ4n) is 9.59. The molecule has 0 spiro atoms. The van der Waals surface area contributed by atoms with Crippen LogP contribution in [-0.4, -0.2) is 108 Å². The number of hydrogen-bond acceptors (Lipinski definition) is 9. The lowest BCUT2D eigenvalue weighted by molar-refractivity contribution is -0.0719. The van der Waals surface area contributed by atoms with Gasteiger partial charge in [0.15, 0.2) is 0 Å². The summed E-state index contributed by atoms with van der Waals surface area (Å²) in [6.45, 7) is 14.7. The number of amides is 1. The molecule has 2 aromatic carbocycles. The van der Waals surface area contributed by atoms with E-state index in [9.17, 15) is 13.2 Å². The molecular weight excluding hydrogens is 712 g/mol. The van der Waals surface area contributed by atoms with E-state index in [1.54, 1.807) is 13.0 Å². The van der Waals surface area contributed by atoms with E-state index >= 15 is 0 Å². The minimum Gasteiger partial charge on any atom is -0.487 e. The van der Waals surface area contributed by atoms with E-state index in [0.29, 0.717) is 29.8 Å². The predicted molar refractivity (Wildman–Crippen MR) is 209 cm³/mol. The van der Waals surface area contributed by atoms with E-state index in [0.717, 1.165) is 134 Å². The van der Waals surface area contributed by atoms with Gasteiger partial charge >= 0.3 is 0 Å². The summed E-state index contributed by atoms with van der Waals surface area (Å²) in [6.07, 6.45) is 8.01. The highest BCUT2D eigenvalue weighted by Crippen LogP contribution is 2.51. The van der Waals surface area contributed by atoms with Crippen molar-refractivity contribution in [2.75, 3.05) is 83.7 Å². The Kier molecular flexibility index (Phi) is 12.6. The molecule has 0 radical (unpaired) electrons. The van der Waals surface area contributed by atoms with Crippen LogP contribution in [0.25, 0.3) is 0 Å². The molecule has 53 heavy (non-hydrogen) atoms. The van der Waals surface area contributed by atoms with Gasteiger partial charge in [0, 0.05) is 62.9 Å². The number of benzene rings is 2.